The number of benzene rings is 1. The third kappa shape index (κ3) is 5.24. The number of amides is 1. The minimum atomic E-state index is -1.14. The Hall–Kier alpha value is -2.30. The molecule has 1 aliphatic carbocycles. The summed E-state index contributed by atoms with van der Waals surface area (Å²) in [4.78, 5) is 10.3. The Morgan fingerprint density at radius 1 is 1.37 bits per heavy atom. The Kier molecular flexibility index (Phi) is 7.57. The standard InChI is InChI=1S/C16H19FN4O2S.C4H9NO/c1-23-12-4-2-9(7-12)15-14(17)16(21-20-15)19-11-3-5-13-10(6-11)8-18-24(13)22;1-4(2)5-3-6/h3,5-6,9,12,18H,2,4,7-8H2,1H3,(H2,19,20,21);3-4H,1-2H3,(H,5,6). The number of aromatic nitrogens is 2. The fraction of sp³-hybridized carbons (Fsp3) is 0.500. The topological polar surface area (TPSA) is 108 Å². The van der Waals surface area contributed by atoms with E-state index < -0.39 is 11.0 Å². The van der Waals surface area contributed by atoms with E-state index in [9.17, 15) is 13.4 Å². The summed E-state index contributed by atoms with van der Waals surface area (Å²) in [5.41, 5.74) is 2.22. The first-order valence-corrected chi connectivity index (χ1v) is 11.1. The van der Waals surface area contributed by atoms with Crippen LogP contribution in [-0.4, -0.2) is 40.1 Å². The van der Waals surface area contributed by atoms with Crippen LogP contribution < -0.4 is 15.4 Å². The number of methoxy groups -OCH3 is 1. The smallest absolute Gasteiger partial charge is 0.207 e. The zero-order valence-electron chi connectivity index (χ0n) is 17.3. The number of hydrogen-bond acceptors (Lipinski definition) is 5. The zero-order valence-corrected chi connectivity index (χ0v) is 18.1. The molecular formula is C20H28FN5O3S. The van der Waals surface area contributed by atoms with Gasteiger partial charge in [-0.2, -0.15) is 5.10 Å². The molecular weight excluding hydrogens is 409 g/mol. The number of hydrogen-bond donors (Lipinski definition) is 4. The van der Waals surface area contributed by atoms with Gasteiger partial charge in [-0.05, 0) is 56.9 Å². The lowest BCUT2D eigenvalue weighted by Gasteiger charge is -2.08. The third-order valence-corrected chi connectivity index (χ3v) is 6.38. The Morgan fingerprint density at radius 3 is 2.80 bits per heavy atom. The number of anilines is 2. The molecule has 164 valence electrons. The van der Waals surface area contributed by atoms with Crippen molar-refractivity contribution < 1.29 is 18.1 Å². The average molecular weight is 438 g/mol. The second-order valence-electron chi connectivity index (χ2n) is 7.64. The highest BCUT2D eigenvalue weighted by molar-refractivity contribution is 7.83. The fourth-order valence-electron chi connectivity index (χ4n) is 3.58. The van der Waals surface area contributed by atoms with E-state index in [0.717, 1.165) is 35.4 Å². The van der Waals surface area contributed by atoms with E-state index >= 15 is 0 Å². The zero-order chi connectivity index (χ0) is 21.7. The van der Waals surface area contributed by atoms with Crippen molar-refractivity contribution in [2.75, 3.05) is 12.4 Å². The van der Waals surface area contributed by atoms with Crippen LogP contribution >= 0.6 is 0 Å². The van der Waals surface area contributed by atoms with E-state index in [4.69, 9.17) is 4.74 Å². The molecule has 30 heavy (non-hydrogen) atoms. The molecule has 0 spiro atoms. The van der Waals surface area contributed by atoms with Crippen LogP contribution in [-0.2, 0) is 27.1 Å². The predicted octanol–water partition coefficient (Wildman–Crippen LogP) is 2.84. The van der Waals surface area contributed by atoms with E-state index in [0.29, 0.717) is 18.6 Å². The fourth-order valence-corrected chi connectivity index (χ4v) is 4.58. The van der Waals surface area contributed by atoms with E-state index in [2.05, 4.69) is 25.6 Å². The van der Waals surface area contributed by atoms with Crippen molar-refractivity contribution in [1.82, 2.24) is 20.2 Å². The Labute approximate surface area is 177 Å². The maximum absolute atomic E-state index is 14.7. The largest absolute Gasteiger partial charge is 0.381 e. The van der Waals surface area contributed by atoms with Crippen LogP contribution in [0.5, 0.6) is 0 Å². The van der Waals surface area contributed by atoms with Crippen LogP contribution in [0.1, 0.15) is 50.3 Å². The molecule has 8 nitrogen and oxygen atoms in total. The van der Waals surface area contributed by atoms with Crippen molar-refractivity contribution in [2.45, 2.75) is 62.6 Å². The summed E-state index contributed by atoms with van der Waals surface area (Å²) in [6, 6.07) is 5.73. The lowest BCUT2D eigenvalue weighted by atomic mass is 10.0. The van der Waals surface area contributed by atoms with Crippen molar-refractivity contribution in [3.63, 3.8) is 0 Å². The van der Waals surface area contributed by atoms with Crippen molar-refractivity contribution in [3.05, 3.63) is 35.3 Å². The van der Waals surface area contributed by atoms with E-state index in [-0.39, 0.29) is 29.7 Å². The molecule has 0 saturated heterocycles. The molecule has 1 amide bonds. The van der Waals surface area contributed by atoms with E-state index in [1.165, 1.54) is 0 Å². The quantitative estimate of drug-likeness (QED) is 0.520. The highest BCUT2D eigenvalue weighted by Gasteiger charge is 2.30. The molecule has 1 saturated carbocycles. The minimum Gasteiger partial charge on any atom is -0.381 e. The molecule has 1 aliphatic heterocycles. The number of fused-ring (bicyclic) bond motifs is 1. The lowest BCUT2D eigenvalue weighted by molar-refractivity contribution is -0.109. The van der Waals surface area contributed by atoms with Gasteiger partial charge in [-0.3, -0.25) is 9.89 Å². The molecule has 1 aromatic carbocycles. The Balaban J connectivity index is 0.000000377. The van der Waals surface area contributed by atoms with Gasteiger partial charge < -0.3 is 15.4 Å². The number of halogens is 1. The Bertz CT molecular complexity index is 905. The van der Waals surface area contributed by atoms with Crippen molar-refractivity contribution in [1.29, 1.82) is 0 Å². The maximum atomic E-state index is 14.7. The molecule has 2 heterocycles. The van der Waals surface area contributed by atoms with Crippen LogP contribution in [0.4, 0.5) is 15.9 Å². The first-order chi connectivity index (χ1) is 14.4. The summed E-state index contributed by atoms with van der Waals surface area (Å²) in [5, 5.41) is 12.5. The summed E-state index contributed by atoms with van der Waals surface area (Å²) in [6.45, 7) is 4.37. The first kappa shape index (κ1) is 22.4. The Morgan fingerprint density at radius 2 is 2.17 bits per heavy atom. The number of rotatable bonds is 6. The van der Waals surface area contributed by atoms with Crippen LogP contribution in [0.3, 0.4) is 0 Å². The summed E-state index contributed by atoms with van der Waals surface area (Å²) in [7, 11) is 0.549. The van der Waals surface area contributed by atoms with Crippen LogP contribution in [0.2, 0.25) is 0 Å². The molecule has 3 atom stereocenters. The van der Waals surface area contributed by atoms with Gasteiger partial charge in [-0.25, -0.2) is 13.3 Å². The normalized spacial score (nSPS) is 22.4. The summed E-state index contributed by atoms with van der Waals surface area (Å²) in [6.07, 6.45) is 3.54. The van der Waals surface area contributed by atoms with Gasteiger partial charge in [0.1, 0.15) is 11.0 Å². The SMILES string of the molecule is CC(C)NC=O.COC1CCC(c2[nH]nc(Nc3ccc4c(c3)CNS4=O)c2F)C1. The summed E-state index contributed by atoms with van der Waals surface area (Å²) >= 11 is 0. The minimum absolute atomic E-state index is 0.115. The molecule has 10 heteroatoms. The number of aromatic amines is 1. The predicted molar refractivity (Wildman–Crippen MR) is 113 cm³/mol. The van der Waals surface area contributed by atoms with Gasteiger partial charge in [-0.15, -0.1) is 0 Å². The van der Waals surface area contributed by atoms with Gasteiger partial charge in [0, 0.05) is 31.3 Å². The molecule has 1 fully saturated rings. The second-order valence-corrected chi connectivity index (χ2v) is 8.91. The van der Waals surface area contributed by atoms with Crippen LogP contribution in [0.15, 0.2) is 23.1 Å². The van der Waals surface area contributed by atoms with Gasteiger partial charge in [0.05, 0.1) is 16.7 Å². The van der Waals surface area contributed by atoms with Crippen LogP contribution in [0.25, 0.3) is 0 Å². The number of nitrogens with zero attached hydrogens (tertiary/aromatic N) is 1. The highest BCUT2D eigenvalue weighted by Crippen LogP contribution is 2.37. The molecule has 0 bridgehead atoms. The van der Waals surface area contributed by atoms with Gasteiger partial charge >= 0.3 is 0 Å². The molecule has 4 rings (SSSR count). The van der Waals surface area contributed by atoms with Crippen molar-refractivity contribution >= 4 is 28.9 Å². The highest BCUT2D eigenvalue weighted by atomic mass is 32.2. The van der Waals surface area contributed by atoms with Gasteiger partial charge in [-0.1, -0.05) is 0 Å². The second kappa shape index (κ2) is 10.1. The monoisotopic (exact) mass is 437 g/mol. The molecule has 4 N–H and O–H groups in total. The van der Waals surface area contributed by atoms with Crippen molar-refractivity contribution in [2.24, 2.45) is 0 Å². The number of H-pyrrole nitrogens is 1. The first-order valence-electron chi connectivity index (χ1n) is 9.94. The third-order valence-electron chi connectivity index (χ3n) is 5.18. The van der Waals surface area contributed by atoms with Crippen molar-refractivity contribution in [3.8, 4) is 0 Å². The van der Waals surface area contributed by atoms with Gasteiger partial charge in [0.2, 0.25) is 6.41 Å². The van der Waals surface area contributed by atoms with Crippen LogP contribution in [0, 0.1) is 5.82 Å². The number of carbonyl (C=O) groups is 1. The molecule has 2 aromatic rings. The number of ether oxygens (including phenoxy) is 1. The molecule has 3 unspecified atom stereocenters. The number of carbonyl (C=O) groups excluding carboxylic acids is 1. The number of nitrogens with one attached hydrogen (secondary N) is 4. The lowest BCUT2D eigenvalue weighted by Crippen LogP contribution is -2.19. The summed E-state index contributed by atoms with van der Waals surface area (Å²) in [5.74, 6) is -0.0264. The maximum Gasteiger partial charge on any atom is 0.207 e. The molecule has 1 aromatic heterocycles. The molecule has 2 aliphatic rings. The van der Waals surface area contributed by atoms with E-state index in [1.807, 2.05) is 19.9 Å². The average Bonchev–Trinajstić information content (AvgIpc) is 3.42. The molecule has 0 radical (unpaired) electrons. The summed E-state index contributed by atoms with van der Waals surface area (Å²) < 4.78 is 34.6. The van der Waals surface area contributed by atoms with Gasteiger partial charge in [0.15, 0.2) is 11.6 Å². The van der Waals surface area contributed by atoms with Gasteiger partial charge in [0.25, 0.3) is 0 Å². The van der Waals surface area contributed by atoms with E-state index in [1.54, 1.807) is 19.2 Å².